The van der Waals surface area contributed by atoms with Crippen LogP contribution < -0.4 is 14.9 Å². The fourth-order valence-electron chi connectivity index (χ4n) is 5.66. The molecule has 0 bridgehead atoms. The Morgan fingerprint density at radius 1 is 1.15 bits per heavy atom. The molecular weight excluding hydrogens is 653 g/mol. The second-order valence-corrected chi connectivity index (χ2v) is 14.6. The number of esters is 1. The van der Waals surface area contributed by atoms with E-state index in [1.165, 1.54) is 29.8 Å². The van der Waals surface area contributed by atoms with Gasteiger partial charge in [-0.2, -0.15) is 9.97 Å². The number of aliphatic hydroxyl groups is 2. The van der Waals surface area contributed by atoms with Gasteiger partial charge in [0.15, 0.2) is 23.2 Å². The van der Waals surface area contributed by atoms with Gasteiger partial charge >= 0.3 is 13.5 Å². The summed E-state index contributed by atoms with van der Waals surface area (Å²) in [4.78, 5) is 40.2. The lowest BCUT2D eigenvalue weighted by molar-refractivity contribution is -0.149. The molecule has 6 atom stereocenters. The lowest BCUT2D eigenvalue weighted by Crippen LogP contribution is -2.43. The van der Waals surface area contributed by atoms with Crippen molar-refractivity contribution in [1.82, 2.24) is 29.5 Å². The SMILES string of the molecule is CC(C)OC(=O)[C@H](C)NP(=O)(CC(=O)N(C)C[C@H]1O[C@@H](n2cnc3c(NC4CCCC4)nc(Cl)nc32)[C@H](O)[C@@H]1O)Oc1ccccc1. The van der Waals surface area contributed by atoms with Crippen LogP contribution in [0.15, 0.2) is 36.7 Å². The fourth-order valence-corrected chi connectivity index (χ4v) is 7.79. The molecule has 5 rings (SSSR count). The molecule has 1 aromatic carbocycles. The summed E-state index contributed by atoms with van der Waals surface area (Å²) < 4.78 is 32.5. The standard InChI is InChI=1S/C30H41ClN7O8P/c1-17(2)44-29(42)18(3)36-47(43,46-20-12-6-5-7-13-20)15-22(39)37(4)14-21-24(40)25(41)28(45-21)38-16-32-23-26(33-19-10-8-9-11-19)34-30(31)35-27(23)38/h5-7,12-13,16-19,21,24-25,28,40-41H,8-11,14-15H2,1-4H3,(H,36,43)(H,33,34,35)/t18-,21+,24+,25+,28+,47?/m0/s1. The summed E-state index contributed by atoms with van der Waals surface area (Å²) in [6.07, 6.45) is -0.269. The molecule has 2 aromatic heterocycles. The molecule has 1 amide bonds. The molecule has 1 saturated carbocycles. The van der Waals surface area contributed by atoms with Gasteiger partial charge in [0.1, 0.15) is 36.3 Å². The molecule has 47 heavy (non-hydrogen) atoms. The molecule has 1 saturated heterocycles. The van der Waals surface area contributed by atoms with Gasteiger partial charge < -0.3 is 34.4 Å². The van der Waals surface area contributed by atoms with Gasteiger partial charge in [-0.05, 0) is 57.3 Å². The molecule has 3 heterocycles. The predicted molar refractivity (Wildman–Crippen MR) is 173 cm³/mol. The number of ether oxygens (including phenoxy) is 2. The number of hydrogen-bond donors (Lipinski definition) is 4. The van der Waals surface area contributed by atoms with Crippen molar-refractivity contribution in [3.05, 3.63) is 41.9 Å². The van der Waals surface area contributed by atoms with Crippen LogP contribution in [0.3, 0.4) is 0 Å². The van der Waals surface area contributed by atoms with Gasteiger partial charge in [-0.15, -0.1) is 0 Å². The van der Waals surface area contributed by atoms with Crippen LogP contribution in [0.4, 0.5) is 5.82 Å². The maximum absolute atomic E-state index is 14.0. The molecule has 2 aliphatic rings. The van der Waals surface area contributed by atoms with E-state index >= 15 is 0 Å². The zero-order chi connectivity index (χ0) is 33.9. The van der Waals surface area contributed by atoms with E-state index in [2.05, 4.69) is 25.4 Å². The van der Waals surface area contributed by atoms with E-state index in [9.17, 15) is 24.4 Å². The average molecular weight is 694 g/mol. The highest BCUT2D eigenvalue weighted by Crippen LogP contribution is 2.44. The monoisotopic (exact) mass is 693 g/mol. The number of carbonyl (C=O) groups excluding carboxylic acids is 2. The summed E-state index contributed by atoms with van der Waals surface area (Å²) in [5, 5.41) is 28.0. The van der Waals surface area contributed by atoms with E-state index in [0.717, 1.165) is 25.7 Å². The topological polar surface area (TPSA) is 190 Å². The van der Waals surface area contributed by atoms with Crippen LogP contribution in [-0.2, 0) is 23.6 Å². The number of nitrogens with zero attached hydrogens (tertiary/aromatic N) is 5. The van der Waals surface area contributed by atoms with E-state index in [0.29, 0.717) is 17.0 Å². The minimum Gasteiger partial charge on any atom is -0.462 e. The van der Waals surface area contributed by atoms with Crippen LogP contribution in [0.25, 0.3) is 11.2 Å². The van der Waals surface area contributed by atoms with Crippen LogP contribution in [-0.4, -0.2) is 103 Å². The maximum Gasteiger partial charge on any atom is 0.326 e. The quantitative estimate of drug-likeness (QED) is 0.116. The molecule has 15 nitrogen and oxygen atoms in total. The van der Waals surface area contributed by atoms with E-state index in [4.69, 9.17) is 25.6 Å². The Bertz CT molecular complexity index is 1610. The number of aliphatic hydroxyl groups excluding tert-OH is 2. The highest BCUT2D eigenvalue weighted by molar-refractivity contribution is 7.58. The second-order valence-electron chi connectivity index (χ2n) is 12.2. The third-order valence-electron chi connectivity index (χ3n) is 8.02. The first-order chi connectivity index (χ1) is 22.3. The lowest BCUT2D eigenvalue weighted by Gasteiger charge is -2.27. The van der Waals surface area contributed by atoms with E-state index in [1.54, 1.807) is 44.2 Å². The van der Waals surface area contributed by atoms with Gasteiger partial charge in [-0.1, -0.05) is 31.0 Å². The summed E-state index contributed by atoms with van der Waals surface area (Å²) in [5.74, 6) is -0.560. The minimum absolute atomic E-state index is 0.0165. The van der Waals surface area contributed by atoms with Gasteiger partial charge in [-0.25, -0.2) is 10.1 Å². The summed E-state index contributed by atoms with van der Waals surface area (Å²) in [5.41, 5.74) is 0.748. The number of likely N-dealkylation sites (N-methyl/N-ethyl adjacent to an activating group) is 1. The molecule has 17 heteroatoms. The van der Waals surface area contributed by atoms with Crippen molar-refractivity contribution in [2.24, 2.45) is 0 Å². The van der Waals surface area contributed by atoms with Crippen LogP contribution in [0, 0.1) is 0 Å². The molecule has 3 aromatic rings. The number of halogens is 1. The van der Waals surface area contributed by atoms with Crippen LogP contribution >= 0.6 is 19.1 Å². The molecule has 0 radical (unpaired) electrons. The van der Waals surface area contributed by atoms with Crippen LogP contribution in [0.2, 0.25) is 5.28 Å². The Hall–Kier alpha value is -3.33. The van der Waals surface area contributed by atoms with Crippen molar-refractivity contribution in [2.75, 3.05) is 25.1 Å². The van der Waals surface area contributed by atoms with Crippen molar-refractivity contribution in [3.8, 4) is 5.75 Å². The number of hydrogen-bond acceptors (Lipinski definition) is 12. The average Bonchev–Trinajstić information content (AvgIpc) is 3.74. The molecule has 256 valence electrons. The van der Waals surface area contributed by atoms with Crippen molar-refractivity contribution < 1.29 is 38.4 Å². The minimum atomic E-state index is -4.02. The first-order valence-corrected chi connectivity index (χ1v) is 17.8. The fraction of sp³-hybridized carbons (Fsp3) is 0.567. The number of fused-ring (bicyclic) bond motifs is 1. The first kappa shape index (κ1) is 35.0. The van der Waals surface area contributed by atoms with Crippen molar-refractivity contribution >= 4 is 48.0 Å². The summed E-state index contributed by atoms with van der Waals surface area (Å²) in [6.45, 7) is 4.68. The number of carbonyl (C=O) groups is 2. The van der Waals surface area contributed by atoms with E-state index in [1.807, 2.05) is 0 Å². The summed E-state index contributed by atoms with van der Waals surface area (Å²) in [7, 11) is -2.57. The number of anilines is 1. The van der Waals surface area contributed by atoms with Gasteiger partial charge in [0.05, 0.1) is 12.4 Å². The number of nitrogens with one attached hydrogen (secondary N) is 2. The zero-order valence-electron chi connectivity index (χ0n) is 26.7. The normalized spacial score (nSPS) is 23.5. The Morgan fingerprint density at radius 3 is 2.53 bits per heavy atom. The highest BCUT2D eigenvalue weighted by Gasteiger charge is 2.45. The number of rotatable bonds is 13. The van der Waals surface area contributed by atoms with Crippen LogP contribution in [0.1, 0.15) is 52.7 Å². The van der Waals surface area contributed by atoms with Crippen LogP contribution in [0.5, 0.6) is 5.75 Å². The third kappa shape index (κ3) is 8.40. The Kier molecular flexibility index (Phi) is 11.0. The van der Waals surface area contributed by atoms with Crippen molar-refractivity contribution in [2.45, 2.75) is 89.2 Å². The van der Waals surface area contributed by atoms with Crippen molar-refractivity contribution in [3.63, 3.8) is 0 Å². The summed E-state index contributed by atoms with van der Waals surface area (Å²) >= 11 is 6.25. The van der Waals surface area contributed by atoms with Gasteiger partial charge in [0.2, 0.25) is 11.2 Å². The number of para-hydroxylation sites is 1. The van der Waals surface area contributed by atoms with Gasteiger partial charge in [0, 0.05) is 19.6 Å². The Labute approximate surface area is 277 Å². The summed E-state index contributed by atoms with van der Waals surface area (Å²) in [6, 6.07) is 7.47. The van der Waals surface area contributed by atoms with E-state index in [-0.39, 0.29) is 23.6 Å². The molecule has 4 N–H and O–H groups in total. The van der Waals surface area contributed by atoms with Gasteiger partial charge in [0.25, 0.3) is 0 Å². The lowest BCUT2D eigenvalue weighted by atomic mass is 10.1. The van der Waals surface area contributed by atoms with E-state index < -0.39 is 62.2 Å². The Morgan fingerprint density at radius 2 is 1.85 bits per heavy atom. The molecular formula is C30H41ClN7O8P. The van der Waals surface area contributed by atoms with Gasteiger partial charge in [-0.3, -0.25) is 18.7 Å². The molecule has 1 aliphatic carbocycles. The number of amides is 1. The van der Waals surface area contributed by atoms with Crippen molar-refractivity contribution in [1.29, 1.82) is 0 Å². The number of imidazole rings is 1. The number of aromatic nitrogens is 4. The highest BCUT2D eigenvalue weighted by atomic mass is 35.5. The molecule has 1 aliphatic heterocycles. The molecule has 1 unspecified atom stereocenters. The third-order valence-corrected chi connectivity index (χ3v) is 10.2. The predicted octanol–water partition coefficient (Wildman–Crippen LogP) is 3.11. The molecule has 2 fully saturated rings. The number of benzene rings is 1. The smallest absolute Gasteiger partial charge is 0.326 e. The zero-order valence-corrected chi connectivity index (χ0v) is 28.3. The Balaban J connectivity index is 1.28. The molecule has 0 spiro atoms. The second kappa shape index (κ2) is 14.8. The largest absolute Gasteiger partial charge is 0.462 e. The first-order valence-electron chi connectivity index (χ1n) is 15.6. The maximum atomic E-state index is 14.0.